The molecule has 0 aliphatic carbocycles. The van der Waals surface area contributed by atoms with Gasteiger partial charge in [-0.15, -0.1) is 0 Å². The van der Waals surface area contributed by atoms with Gasteiger partial charge in [-0.1, -0.05) is 24.3 Å². The van der Waals surface area contributed by atoms with E-state index in [1.54, 1.807) is 68.4 Å². The average molecular weight is 591 g/mol. The van der Waals surface area contributed by atoms with Crippen LogP contribution in [-0.4, -0.2) is 49.5 Å². The third kappa shape index (κ3) is 7.02. The highest BCUT2D eigenvalue weighted by molar-refractivity contribution is 7.80. The van der Waals surface area contributed by atoms with Crippen molar-refractivity contribution in [1.82, 2.24) is 16.1 Å². The lowest BCUT2D eigenvalue weighted by molar-refractivity contribution is -0.139. The maximum Gasteiger partial charge on any atom is 0.338 e. The molecule has 0 fully saturated rings. The molecule has 2 heterocycles. The van der Waals surface area contributed by atoms with Crippen molar-refractivity contribution in [2.75, 3.05) is 20.3 Å². The normalized spacial score (nSPS) is 14.7. The first-order valence-corrected chi connectivity index (χ1v) is 13.4. The van der Waals surface area contributed by atoms with Crippen LogP contribution in [0.1, 0.15) is 47.1 Å². The number of rotatable bonds is 10. The summed E-state index contributed by atoms with van der Waals surface area (Å²) in [7, 11) is 1.32. The van der Waals surface area contributed by atoms with Gasteiger partial charge in [-0.3, -0.25) is 4.79 Å². The van der Waals surface area contributed by atoms with Crippen molar-refractivity contribution in [3.05, 3.63) is 88.3 Å². The first-order valence-electron chi connectivity index (χ1n) is 13.0. The topological polar surface area (TPSA) is 140 Å². The summed E-state index contributed by atoms with van der Waals surface area (Å²) in [6, 6.07) is 15.0. The highest BCUT2D eigenvalue weighted by Gasteiger charge is 2.32. The monoisotopic (exact) mass is 590 g/mol. The predicted molar refractivity (Wildman–Crippen MR) is 159 cm³/mol. The number of hydrogen-bond acceptors (Lipinski definition) is 9. The molecule has 1 aliphatic heterocycles. The Morgan fingerprint density at radius 3 is 2.64 bits per heavy atom. The van der Waals surface area contributed by atoms with Gasteiger partial charge in [0.2, 0.25) is 0 Å². The number of benzene rings is 2. The number of esters is 2. The number of ether oxygens (including phenoxy) is 3. The summed E-state index contributed by atoms with van der Waals surface area (Å²) in [5.74, 6) is -0.144. The fraction of sp³-hybridized carbons (Fsp3) is 0.233. The number of aryl methyl sites for hydroxylation is 1. The van der Waals surface area contributed by atoms with Crippen LogP contribution >= 0.6 is 12.2 Å². The van der Waals surface area contributed by atoms with Gasteiger partial charge in [0.05, 0.1) is 37.1 Å². The lowest BCUT2D eigenvalue weighted by Crippen LogP contribution is -2.45. The molecular weight excluding hydrogens is 560 g/mol. The lowest BCUT2D eigenvalue weighted by Gasteiger charge is -2.30. The Labute approximate surface area is 247 Å². The molecule has 0 saturated carbocycles. The number of nitrogens with zero attached hydrogens (tertiary/aromatic N) is 1. The van der Waals surface area contributed by atoms with Crippen molar-refractivity contribution >= 4 is 41.4 Å². The maximum atomic E-state index is 12.7. The number of methoxy groups -OCH3 is 1. The van der Waals surface area contributed by atoms with Crippen molar-refractivity contribution in [2.24, 2.45) is 5.10 Å². The van der Waals surface area contributed by atoms with Crippen LogP contribution in [0.2, 0.25) is 0 Å². The van der Waals surface area contributed by atoms with Gasteiger partial charge in [-0.25, -0.2) is 15.0 Å². The summed E-state index contributed by atoms with van der Waals surface area (Å²) in [4.78, 5) is 37.1. The lowest BCUT2D eigenvalue weighted by atomic mass is 9.95. The summed E-state index contributed by atoms with van der Waals surface area (Å²) in [5, 5.41) is 10.3. The summed E-state index contributed by atoms with van der Waals surface area (Å²) in [6.45, 7) is 5.24. The van der Waals surface area contributed by atoms with E-state index in [0.717, 1.165) is 11.1 Å². The largest absolute Gasteiger partial charge is 0.483 e. The standard InChI is InChI=1S/C30H30N4O7S/c1-5-39-29(37)26-18(3)32-30(42)33-27(26)21-8-6-7-9-23(21)40-16-25(35)34-31-15-20-12-13-24(41-20)22-14-19(28(36)38-4)11-10-17(22)2/h6-15,27H,5,16H2,1-4H3,(H,34,35)(H2,32,33,42)/t27-/m0/s1. The Balaban J connectivity index is 1.41. The van der Waals surface area contributed by atoms with E-state index < -0.39 is 23.9 Å². The maximum absolute atomic E-state index is 12.7. The molecule has 2 aromatic carbocycles. The molecular formula is C30H30N4O7S. The van der Waals surface area contributed by atoms with Crippen molar-refractivity contribution in [2.45, 2.75) is 26.8 Å². The molecule has 4 rings (SSSR count). The molecule has 218 valence electrons. The first kappa shape index (κ1) is 30.0. The molecule has 1 aliphatic rings. The second-order valence-electron chi connectivity index (χ2n) is 9.13. The average Bonchev–Trinajstić information content (AvgIpc) is 3.44. The van der Waals surface area contributed by atoms with Gasteiger partial charge in [0.25, 0.3) is 5.91 Å². The minimum atomic E-state index is -0.639. The summed E-state index contributed by atoms with van der Waals surface area (Å²) in [6.07, 6.45) is 1.36. The van der Waals surface area contributed by atoms with E-state index in [4.69, 9.17) is 30.8 Å². The first-order chi connectivity index (χ1) is 20.2. The third-order valence-corrected chi connectivity index (χ3v) is 6.51. The Hall–Kier alpha value is -4.97. The number of furan rings is 1. The summed E-state index contributed by atoms with van der Waals surface area (Å²) >= 11 is 5.30. The van der Waals surface area contributed by atoms with E-state index in [1.807, 2.05) is 6.92 Å². The fourth-order valence-corrected chi connectivity index (χ4v) is 4.57. The number of amides is 1. The minimum absolute atomic E-state index is 0.215. The van der Waals surface area contributed by atoms with Gasteiger partial charge < -0.3 is 29.3 Å². The van der Waals surface area contributed by atoms with Gasteiger partial charge in [0, 0.05) is 16.8 Å². The summed E-state index contributed by atoms with van der Waals surface area (Å²) in [5.41, 5.74) is 5.98. The van der Waals surface area contributed by atoms with Crippen LogP contribution in [0.25, 0.3) is 11.3 Å². The Morgan fingerprint density at radius 1 is 1.10 bits per heavy atom. The number of hydrazone groups is 1. The molecule has 0 spiro atoms. The highest BCUT2D eigenvalue weighted by atomic mass is 32.1. The fourth-order valence-electron chi connectivity index (χ4n) is 4.30. The van der Waals surface area contributed by atoms with Crippen LogP contribution in [0.3, 0.4) is 0 Å². The highest BCUT2D eigenvalue weighted by Crippen LogP contribution is 2.33. The second kappa shape index (κ2) is 13.6. The van der Waals surface area contributed by atoms with E-state index in [9.17, 15) is 14.4 Å². The third-order valence-electron chi connectivity index (χ3n) is 6.29. The Bertz CT molecular complexity index is 1580. The van der Waals surface area contributed by atoms with E-state index in [-0.39, 0.29) is 13.2 Å². The number of para-hydroxylation sites is 1. The Morgan fingerprint density at radius 2 is 1.88 bits per heavy atom. The molecule has 0 unspecified atom stereocenters. The van der Waals surface area contributed by atoms with E-state index in [1.165, 1.54) is 13.3 Å². The van der Waals surface area contributed by atoms with Gasteiger partial charge in [0.1, 0.15) is 17.3 Å². The number of hydrogen-bond donors (Lipinski definition) is 3. The van der Waals surface area contributed by atoms with E-state index >= 15 is 0 Å². The summed E-state index contributed by atoms with van der Waals surface area (Å²) < 4.78 is 21.7. The Kier molecular flexibility index (Phi) is 9.71. The number of carbonyl (C=O) groups is 3. The zero-order chi connectivity index (χ0) is 30.2. The number of carbonyl (C=O) groups excluding carboxylic acids is 3. The molecule has 0 bridgehead atoms. The molecule has 0 saturated heterocycles. The van der Waals surface area contributed by atoms with E-state index in [0.29, 0.717) is 44.8 Å². The quantitative estimate of drug-likeness (QED) is 0.138. The van der Waals surface area contributed by atoms with Gasteiger partial charge in [0.15, 0.2) is 11.7 Å². The number of nitrogens with one attached hydrogen (secondary N) is 3. The van der Waals surface area contributed by atoms with Crippen LogP contribution in [0.4, 0.5) is 0 Å². The van der Waals surface area contributed by atoms with Crippen LogP contribution in [0, 0.1) is 6.92 Å². The van der Waals surface area contributed by atoms with Crippen LogP contribution in [-0.2, 0) is 19.1 Å². The molecule has 0 radical (unpaired) electrons. The molecule has 1 aromatic heterocycles. The smallest absolute Gasteiger partial charge is 0.338 e. The molecule has 1 atom stereocenters. The molecule has 12 heteroatoms. The number of thiocarbonyl (C=S) groups is 1. The van der Waals surface area contributed by atoms with Crippen molar-refractivity contribution < 1.29 is 33.0 Å². The molecule has 1 amide bonds. The van der Waals surface area contributed by atoms with Crippen LogP contribution < -0.4 is 20.8 Å². The van der Waals surface area contributed by atoms with E-state index in [2.05, 4.69) is 21.2 Å². The van der Waals surface area contributed by atoms with Gasteiger partial charge in [-0.05, 0) is 68.9 Å². The van der Waals surface area contributed by atoms with Crippen molar-refractivity contribution in [3.63, 3.8) is 0 Å². The zero-order valence-corrected chi connectivity index (χ0v) is 24.3. The minimum Gasteiger partial charge on any atom is -0.483 e. The number of allylic oxidation sites excluding steroid dienone is 1. The molecule has 3 N–H and O–H groups in total. The van der Waals surface area contributed by atoms with Crippen LogP contribution in [0.15, 0.2) is 75.4 Å². The second-order valence-corrected chi connectivity index (χ2v) is 9.54. The molecule has 3 aromatic rings. The van der Waals surface area contributed by atoms with Crippen LogP contribution in [0.5, 0.6) is 5.75 Å². The molecule has 42 heavy (non-hydrogen) atoms. The van der Waals surface area contributed by atoms with Gasteiger partial charge >= 0.3 is 11.9 Å². The van der Waals surface area contributed by atoms with Crippen molar-refractivity contribution in [3.8, 4) is 17.1 Å². The SMILES string of the molecule is CCOC(=O)C1=C(C)NC(=S)N[C@H]1c1ccccc1OCC(=O)NN=Cc1ccc(-c2cc(C(=O)OC)ccc2C)o1. The zero-order valence-electron chi connectivity index (χ0n) is 23.5. The van der Waals surface area contributed by atoms with Crippen molar-refractivity contribution in [1.29, 1.82) is 0 Å². The predicted octanol–water partition coefficient (Wildman–Crippen LogP) is 3.93. The molecule has 11 nitrogen and oxygen atoms in total. The van der Waals surface area contributed by atoms with Gasteiger partial charge in [-0.2, -0.15) is 5.10 Å².